The first kappa shape index (κ1) is 16.8. The highest BCUT2D eigenvalue weighted by molar-refractivity contribution is 5.53. The summed E-state index contributed by atoms with van der Waals surface area (Å²) in [6.45, 7) is 2.90. The minimum Gasteiger partial charge on any atom is -0.470 e. The molecule has 2 aromatic carbocycles. The van der Waals surface area contributed by atoms with Crippen LogP contribution in [0.4, 0.5) is 4.39 Å². The van der Waals surface area contributed by atoms with Crippen molar-refractivity contribution in [1.82, 2.24) is 9.80 Å². The maximum absolute atomic E-state index is 13.9. The molecule has 4 rings (SSSR count). The predicted molar refractivity (Wildman–Crippen MR) is 96.8 cm³/mol. The zero-order chi connectivity index (χ0) is 17.9. The Labute approximate surface area is 152 Å². The van der Waals surface area contributed by atoms with Crippen LogP contribution in [0.15, 0.2) is 54.2 Å². The van der Waals surface area contributed by atoms with Gasteiger partial charge in [0.2, 0.25) is 0 Å². The van der Waals surface area contributed by atoms with Crippen LogP contribution in [0.2, 0.25) is 0 Å². The summed E-state index contributed by atoms with van der Waals surface area (Å²) < 4.78 is 19.9. The van der Waals surface area contributed by atoms with Crippen LogP contribution in [-0.4, -0.2) is 41.6 Å². The van der Waals surface area contributed by atoms with Gasteiger partial charge in [0.25, 0.3) is 0 Å². The number of piperazine rings is 1. The lowest BCUT2D eigenvalue weighted by Gasteiger charge is -2.42. The summed E-state index contributed by atoms with van der Waals surface area (Å²) in [5.74, 6) is 2.46. The molecule has 2 aliphatic rings. The minimum absolute atomic E-state index is 0.222. The first-order valence-corrected chi connectivity index (χ1v) is 8.95. The van der Waals surface area contributed by atoms with E-state index >= 15 is 0 Å². The molecule has 0 amide bonds. The van der Waals surface area contributed by atoms with Gasteiger partial charge in [-0.2, -0.15) is 0 Å². The van der Waals surface area contributed by atoms with Crippen molar-refractivity contribution in [3.63, 3.8) is 0 Å². The lowest BCUT2D eigenvalue weighted by molar-refractivity contribution is 0.00721. The lowest BCUT2D eigenvalue weighted by Crippen LogP contribution is -2.51. The van der Waals surface area contributed by atoms with E-state index in [0.29, 0.717) is 42.9 Å². The third kappa shape index (κ3) is 3.36. The second-order valence-corrected chi connectivity index (χ2v) is 6.77. The van der Waals surface area contributed by atoms with Crippen LogP contribution in [0.1, 0.15) is 17.5 Å². The Morgan fingerprint density at radius 1 is 1.12 bits per heavy atom. The highest BCUT2D eigenvalue weighted by Gasteiger charge is 2.32. The van der Waals surface area contributed by atoms with Gasteiger partial charge >= 0.3 is 0 Å². The first-order chi connectivity index (χ1) is 12.7. The van der Waals surface area contributed by atoms with Crippen LogP contribution in [-0.2, 0) is 17.8 Å². The normalized spacial score (nSPS) is 20.3. The molecule has 2 aromatic rings. The number of carbonyl (C=O) groups excluding carboxylic acids is 1. The van der Waals surface area contributed by atoms with E-state index in [4.69, 9.17) is 4.74 Å². The summed E-state index contributed by atoms with van der Waals surface area (Å²) in [4.78, 5) is 15.8. The SMILES string of the molecule is O=C=C1CN(Cc2ccccc2)CCN1C1CCc2c(F)cccc2O1. The van der Waals surface area contributed by atoms with E-state index in [2.05, 4.69) is 23.0 Å². The van der Waals surface area contributed by atoms with Gasteiger partial charge in [-0.3, -0.25) is 4.90 Å². The van der Waals surface area contributed by atoms with E-state index in [1.54, 1.807) is 12.1 Å². The van der Waals surface area contributed by atoms with Gasteiger partial charge in [-0.15, -0.1) is 0 Å². The molecular weight excluding hydrogens is 331 g/mol. The second kappa shape index (κ2) is 7.32. The molecule has 0 saturated carbocycles. The van der Waals surface area contributed by atoms with Crippen molar-refractivity contribution < 1.29 is 13.9 Å². The third-order valence-corrected chi connectivity index (χ3v) is 5.07. The van der Waals surface area contributed by atoms with E-state index in [-0.39, 0.29) is 12.0 Å². The van der Waals surface area contributed by atoms with Crippen LogP contribution in [0.5, 0.6) is 5.75 Å². The molecule has 1 fully saturated rings. The van der Waals surface area contributed by atoms with Crippen molar-refractivity contribution in [2.24, 2.45) is 0 Å². The molecule has 2 aliphatic heterocycles. The fraction of sp³-hybridized carbons (Fsp3) is 0.333. The summed E-state index contributed by atoms with van der Waals surface area (Å²) in [5.41, 5.74) is 2.46. The van der Waals surface area contributed by atoms with Crippen molar-refractivity contribution in [2.75, 3.05) is 19.6 Å². The molecular formula is C21H21FN2O2. The Morgan fingerprint density at radius 3 is 2.77 bits per heavy atom. The number of rotatable bonds is 3. The predicted octanol–water partition coefficient (Wildman–Crippen LogP) is 3.01. The molecule has 0 aliphatic carbocycles. The average molecular weight is 352 g/mol. The standard InChI is InChI=1S/C21H21FN2O2/c22-19-7-4-8-20-18(19)9-10-21(26-20)24-12-11-23(14-17(24)15-25)13-16-5-2-1-3-6-16/h1-8,21H,9-14H2. The molecule has 5 heteroatoms. The number of ether oxygens (including phenoxy) is 1. The van der Waals surface area contributed by atoms with Crippen molar-refractivity contribution >= 4 is 5.94 Å². The smallest absolute Gasteiger partial charge is 0.173 e. The number of hydrogen-bond donors (Lipinski definition) is 0. The highest BCUT2D eigenvalue weighted by Crippen LogP contribution is 2.32. The second-order valence-electron chi connectivity index (χ2n) is 6.77. The van der Waals surface area contributed by atoms with Crippen LogP contribution in [0.3, 0.4) is 0 Å². The summed E-state index contributed by atoms with van der Waals surface area (Å²) in [6.07, 6.45) is 1.04. The molecule has 0 spiro atoms. The van der Waals surface area contributed by atoms with Gasteiger partial charge in [0.05, 0.1) is 0 Å². The zero-order valence-corrected chi connectivity index (χ0v) is 14.5. The lowest BCUT2D eigenvalue weighted by atomic mass is 10.0. The Bertz CT molecular complexity index is 833. The highest BCUT2D eigenvalue weighted by atomic mass is 19.1. The van der Waals surface area contributed by atoms with Gasteiger partial charge < -0.3 is 9.64 Å². The number of hydrogen-bond acceptors (Lipinski definition) is 4. The molecule has 0 N–H and O–H groups in total. The monoisotopic (exact) mass is 352 g/mol. The van der Waals surface area contributed by atoms with Crippen LogP contribution >= 0.6 is 0 Å². The van der Waals surface area contributed by atoms with Crippen LogP contribution < -0.4 is 4.74 Å². The maximum Gasteiger partial charge on any atom is 0.173 e. The van der Waals surface area contributed by atoms with Gasteiger partial charge in [0.1, 0.15) is 23.2 Å². The molecule has 0 aromatic heterocycles. The number of halogens is 1. The Balaban J connectivity index is 1.45. The fourth-order valence-corrected chi connectivity index (χ4v) is 3.74. The molecule has 1 saturated heterocycles. The van der Waals surface area contributed by atoms with E-state index in [9.17, 15) is 9.18 Å². The molecule has 26 heavy (non-hydrogen) atoms. The van der Waals surface area contributed by atoms with Crippen LogP contribution in [0.25, 0.3) is 0 Å². The van der Waals surface area contributed by atoms with Gasteiger partial charge in [0.15, 0.2) is 6.23 Å². The van der Waals surface area contributed by atoms with Gasteiger partial charge in [-0.1, -0.05) is 36.4 Å². The Morgan fingerprint density at radius 2 is 1.96 bits per heavy atom. The number of nitrogens with zero attached hydrogens (tertiary/aromatic N) is 2. The fourth-order valence-electron chi connectivity index (χ4n) is 3.74. The summed E-state index contributed by atoms with van der Waals surface area (Å²) in [6, 6.07) is 15.1. The topological polar surface area (TPSA) is 32.8 Å². The molecule has 134 valence electrons. The van der Waals surface area contributed by atoms with Crippen molar-refractivity contribution in [3.05, 3.63) is 71.2 Å². The first-order valence-electron chi connectivity index (χ1n) is 8.95. The largest absolute Gasteiger partial charge is 0.470 e. The van der Waals surface area contributed by atoms with E-state index < -0.39 is 0 Å². The van der Waals surface area contributed by atoms with Gasteiger partial charge in [-0.25, -0.2) is 9.18 Å². The van der Waals surface area contributed by atoms with E-state index in [0.717, 1.165) is 13.1 Å². The Hall–Kier alpha value is -2.62. The van der Waals surface area contributed by atoms with Crippen molar-refractivity contribution in [1.29, 1.82) is 0 Å². The summed E-state index contributed by atoms with van der Waals surface area (Å²) in [5, 5.41) is 0. The van der Waals surface area contributed by atoms with E-state index in [1.165, 1.54) is 11.6 Å². The minimum atomic E-state index is -0.236. The van der Waals surface area contributed by atoms with Crippen molar-refractivity contribution in [3.8, 4) is 5.75 Å². The molecule has 4 nitrogen and oxygen atoms in total. The molecule has 1 unspecified atom stereocenters. The van der Waals surface area contributed by atoms with Crippen LogP contribution in [0, 0.1) is 5.82 Å². The van der Waals surface area contributed by atoms with Gasteiger partial charge in [0, 0.05) is 38.2 Å². The molecule has 2 heterocycles. The molecule has 0 radical (unpaired) electrons. The zero-order valence-electron chi connectivity index (χ0n) is 14.5. The number of benzene rings is 2. The molecule has 1 atom stereocenters. The molecule has 0 bridgehead atoms. The van der Waals surface area contributed by atoms with E-state index in [1.807, 2.05) is 23.1 Å². The number of fused-ring (bicyclic) bond motifs is 1. The quantitative estimate of drug-likeness (QED) is 0.795. The summed E-state index contributed by atoms with van der Waals surface area (Å²) in [7, 11) is 0. The van der Waals surface area contributed by atoms with Crippen molar-refractivity contribution in [2.45, 2.75) is 25.6 Å². The maximum atomic E-state index is 13.9. The Kier molecular flexibility index (Phi) is 4.74. The average Bonchev–Trinajstić information content (AvgIpc) is 2.68. The summed E-state index contributed by atoms with van der Waals surface area (Å²) >= 11 is 0. The van der Waals surface area contributed by atoms with Gasteiger partial charge in [-0.05, 0) is 24.1 Å². The third-order valence-electron chi connectivity index (χ3n) is 5.07.